The molecule has 0 unspecified atom stereocenters. The van der Waals surface area contributed by atoms with Gasteiger partial charge in [0, 0.05) is 23.9 Å². The van der Waals surface area contributed by atoms with E-state index >= 15 is 0 Å². The number of hydrogen-bond donors (Lipinski definition) is 1. The van der Waals surface area contributed by atoms with Gasteiger partial charge in [-0.2, -0.15) is 5.26 Å². The number of aryl methyl sites for hydroxylation is 1. The van der Waals surface area contributed by atoms with E-state index in [1.54, 1.807) is 28.8 Å². The van der Waals surface area contributed by atoms with E-state index in [1.807, 2.05) is 18.2 Å². The molecular formula is C21H18N4O4. The summed E-state index contributed by atoms with van der Waals surface area (Å²) in [6.45, 7) is 1.36. The van der Waals surface area contributed by atoms with Crippen molar-refractivity contribution in [3.8, 4) is 23.4 Å². The Labute approximate surface area is 166 Å². The Morgan fingerprint density at radius 2 is 1.97 bits per heavy atom. The SMILES string of the molecule is N#CCCCn1c(O)c(N=NC(=O)c2ccc3c(c2)OCCO3)c2ccccc21. The molecule has 2 heterocycles. The number of carbonyl (C=O) groups excluding carboxylic acids is 1. The first kappa shape index (κ1) is 18.5. The number of carbonyl (C=O) groups is 1. The maximum Gasteiger partial charge on any atom is 0.295 e. The lowest BCUT2D eigenvalue weighted by molar-refractivity contribution is 0.0993. The average molecular weight is 390 g/mol. The second-order valence-corrected chi connectivity index (χ2v) is 6.47. The van der Waals surface area contributed by atoms with Crippen LogP contribution in [0.3, 0.4) is 0 Å². The van der Waals surface area contributed by atoms with E-state index < -0.39 is 5.91 Å². The van der Waals surface area contributed by atoms with Crippen molar-refractivity contribution in [2.45, 2.75) is 19.4 Å². The summed E-state index contributed by atoms with van der Waals surface area (Å²) >= 11 is 0. The van der Waals surface area contributed by atoms with Gasteiger partial charge in [0.25, 0.3) is 5.91 Å². The van der Waals surface area contributed by atoms with Gasteiger partial charge >= 0.3 is 0 Å². The Morgan fingerprint density at radius 1 is 1.17 bits per heavy atom. The van der Waals surface area contributed by atoms with Crippen LogP contribution in [0, 0.1) is 11.3 Å². The van der Waals surface area contributed by atoms with Gasteiger partial charge in [-0.1, -0.05) is 18.2 Å². The van der Waals surface area contributed by atoms with Gasteiger partial charge in [0.2, 0.25) is 5.88 Å². The normalized spacial score (nSPS) is 12.9. The van der Waals surface area contributed by atoms with Crippen LogP contribution in [0.4, 0.5) is 5.69 Å². The molecule has 1 amide bonds. The first-order chi connectivity index (χ1) is 14.2. The van der Waals surface area contributed by atoms with Crippen LogP contribution < -0.4 is 9.47 Å². The molecule has 146 valence electrons. The molecule has 2 aromatic carbocycles. The number of benzene rings is 2. The molecule has 0 fully saturated rings. The monoisotopic (exact) mass is 390 g/mol. The first-order valence-corrected chi connectivity index (χ1v) is 9.22. The lowest BCUT2D eigenvalue weighted by Gasteiger charge is -2.18. The third-order valence-electron chi connectivity index (χ3n) is 4.62. The Hall–Kier alpha value is -3.86. The quantitative estimate of drug-likeness (QED) is 0.515. The van der Waals surface area contributed by atoms with E-state index in [0.29, 0.717) is 55.0 Å². The largest absolute Gasteiger partial charge is 0.493 e. The summed E-state index contributed by atoms with van der Waals surface area (Å²) in [6, 6.07) is 14.2. The molecule has 0 radical (unpaired) electrons. The van der Waals surface area contributed by atoms with Crippen molar-refractivity contribution in [3.63, 3.8) is 0 Å². The van der Waals surface area contributed by atoms with E-state index in [-0.39, 0.29) is 11.6 Å². The van der Waals surface area contributed by atoms with Crippen molar-refractivity contribution in [1.82, 2.24) is 4.57 Å². The second kappa shape index (κ2) is 8.02. The van der Waals surface area contributed by atoms with Crippen LogP contribution in [0.5, 0.6) is 17.4 Å². The van der Waals surface area contributed by atoms with Crippen LogP contribution in [-0.2, 0) is 6.54 Å². The molecular weight excluding hydrogens is 372 g/mol. The minimum absolute atomic E-state index is 0.0807. The number of aromatic nitrogens is 1. The summed E-state index contributed by atoms with van der Waals surface area (Å²) in [7, 11) is 0. The van der Waals surface area contributed by atoms with E-state index in [9.17, 15) is 9.90 Å². The molecule has 1 aromatic heterocycles. The zero-order valence-electron chi connectivity index (χ0n) is 15.5. The molecule has 4 rings (SSSR count). The minimum Gasteiger partial charge on any atom is -0.493 e. The van der Waals surface area contributed by atoms with Crippen molar-refractivity contribution in [1.29, 1.82) is 5.26 Å². The summed E-state index contributed by atoms with van der Waals surface area (Å²) in [6.07, 6.45) is 0.973. The predicted molar refractivity (Wildman–Crippen MR) is 105 cm³/mol. The standard InChI is InChI=1S/C21H18N4O4/c22-9-3-4-10-25-16-6-2-1-5-15(16)19(21(25)27)23-24-20(26)14-7-8-17-18(13-14)29-12-11-28-17/h1-2,5-8,13,27H,3-4,10-12H2. The minimum atomic E-state index is -0.553. The molecule has 8 heteroatoms. The van der Waals surface area contributed by atoms with Gasteiger partial charge in [-0.05, 0) is 30.7 Å². The van der Waals surface area contributed by atoms with Crippen LogP contribution in [0.25, 0.3) is 10.9 Å². The molecule has 1 aliphatic rings. The number of amides is 1. The zero-order valence-corrected chi connectivity index (χ0v) is 15.5. The number of nitrogens with zero attached hydrogens (tertiary/aromatic N) is 4. The zero-order chi connectivity index (χ0) is 20.2. The van der Waals surface area contributed by atoms with Crippen molar-refractivity contribution in [3.05, 3.63) is 48.0 Å². The highest BCUT2D eigenvalue weighted by Crippen LogP contribution is 2.39. The number of nitriles is 1. The fourth-order valence-electron chi connectivity index (χ4n) is 3.24. The van der Waals surface area contributed by atoms with Crippen LogP contribution in [-0.4, -0.2) is 28.8 Å². The molecule has 3 aromatic rings. The lowest BCUT2D eigenvalue weighted by atomic mass is 10.2. The molecule has 0 aliphatic carbocycles. The average Bonchev–Trinajstić information content (AvgIpc) is 3.03. The second-order valence-electron chi connectivity index (χ2n) is 6.47. The van der Waals surface area contributed by atoms with Gasteiger partial charge in [-0.3, -0.25) is 4.79 Å². The van der Waals surface area contributed by atoms with Gasteiger partial charge in [-0.25, -0.2) is 0 Å². The van der Waals surface area contributed by atoms with Gasteiger partial charge < -0.3 is 19.1 Å². The number of hydrogen-bond acceptors (Lipinski definition) is 6. The lowest BCUT2D eigenvalue weighted by Crippen LogP contribution is -2.15. The summed E-state index contributed by atoms with van der Waals surface area (Å²) in [5.41, 5.74) is 1.31. The topological polar surface area (TPSA) is 109 Å². The number of azo groups is 1. The fraction of sp³-hybridized carbons (Fsp3) is 0.238. The Balaban J connectivity index is 1.63. The van der Waals surface area contributed by atoms with Gasteiger partial charge in [0.1, 0.15) is 13.2 Å². The van der Waals surface area contributed by atoms with Crippen LogP contribution in [0.1, 0.15) is 23.2 Å². The summed E-state index contributed by atoms with van der Waals surface area (Å²) in [5.74, 6) is 0.447. The highest BCUT2D eigenvalue weighted by Gasteiger charge is 2.18. The number of rotatable bonds is 5. The molecule has 1 aliphatic heterocycles. The molecule has 0 spiro atoms. The Bertz CT molecular complexity index is 1140. The van der Waals surface area contributed by atoms with Crippen molar-refractivity contribution in [2.75, 3.05) is 13.2 Å². The summed E-state index contributed by atoms with van der Waals surface area (Å²) in [5, 5.41) is 27.9. The van der Waals surface area contributed by atoms with Crippen molar-refractivity contribution >= 4 is 22.5 Å². The molecule has 1 N–H and O–H groups in total. The molecule has 29 heavy (non-hydrogen) atoms. The van der Waals surface area contributed by atoms with Crippen molar-refractivity contribution < 1.29 is 19.4 Å². The van der Waals surface area contributed by atoms with E-state index in [1.165, 1.54) is 0 Å². The number of fused-ring (bicyclic) bond motifs is 2. The highest BCUT2D eigenvalue weighted by molar-refractivity contribution is 5.97. The Morgan fingerprint density at radius 3 is 2.79 bits per heavy atom. The fourth-order valence-corrected chi connectivity index (χ4v) is 3.24. The van der Waals surface area contributed by atoms with Gasteiger partial charge in [0.15, 0.2) is 17.2 Å². The molecule has 0 saturated heterocycles. The number of ether oxygens (including phenoxy) is 2. The van der Waals surface area contributed by atoms with E-state index in [2.05, 4.69) is 16.3 Å². The molecule has 8 nitrogen and oxygen atoms in total. The maximum absolute atomic E-state index is 12.5. The van der Waals surface area contributed by atoms with Crippen molar-refractivity contribution in [2.24, 2.45) is 10.2 Å². The van der Waals surface area contributed by atoms with Crippen LogP contribution >= 0.6 is 0 Å². The number of aromatic hydroxyl groups is 1. The first-order valence-electron chi connectivity index (χ1n) is 9.22. The number of unbranched alkanes of at least 4 members (excludes halogenated alkanes) is 1. The maximum atomic E-state index is 12.5. The van der Waals surface area contributed by atoms with E-state index in [0.717, 1.165) is 5.52 Å². The van der Waals surface area contributed by atoms with Crippen LogP contribution in [0.2, 0.25) is 0 Å². The highest BCUT2D eigenvalue weighted by atomic mass is 16.6. The summed E-state index contributed by atoms with van der Waals surface area (Å²) in [4.78, 5) is 12.5. The van der Waals surface area contributed by atoms with Gasteiger partial charge in [0.05, 0.1) is 11.6 Å². The smallest absolute Gasteiger partial charge is 0.295 e. The number of para-hydroxylation sites is 1. The molecule has 0 bridgehead atoms. The Kier molecular flexibility index (Phi) is 5.12. The van der Waals surface area contributed by atoms with Crippen LogP contribution in [0.15, 0.2) is 52.7 Å². The molecule has 0 saturated carbocycles. The third kappa shape index (κ3) is 3.62. The third-order valence-corrected chi connectivity index (χ3v) is 4.62. The summed E-state index contributed by atoms with van der Waals surface area (Å²) < 4.78 is 12.6. The predicted octanol–water partition coefficient (Wildman–Crippen LogP) is 4.35. The van der Waals surface area contributed by atoms with E-state index in [4.69, 9.17) is 14.7 Å². The molecule has 0 atom stereocenters. The van der Waals surface area contributed by atoms with Gasteiger partial charge in [-0.15, -0.1) is 10.2 Å².